The highest BCUT2D eigenvalue weighted by Gasteiger charge is 2.28. The molecule has 0 aromatic heterocycles. The molecule has 154 valence electrons. The minimum atomic E-state index is -0.538. The predicted octanol–water partition coefficient (Wildman–Crippen LogP) is 4.15. The van der Waals surface area contributed by atoms with Crippen molar-refractivity contribution in [1.29, 1.82) is 0 Å². The molecule has 2 aromatic rings. The van der Waals surface area contributed by atoms with Gasteiger partial charge in [-0.1, -0.05) is 42.2 Å². The van der Waals surface area contributed by atoms with Crippen molar-refractivity contribution >= 4 is 52.3 Å². The van der Waals surface area contributed by atoms with Crippen molar-refractivity contribution in [3.63, 3.8) is 0 Å². The summed E-state index contributed by atoms with van der Waals surface area (Å²) in [6.07, 6.45) is 4.71. The highest BCUT2D eigenvalue weighted by atomic mass is 32.2. The van der Waals surface area contributed by atoms with E-state index in [9.17, 15) is 9.59 Å². The Morgan fingerprint density at radius 2 is 1.73 bits per heavy atom. The quantitative estimate of drug-likeness (QED) is 0.289. The average molecular weight is 442 g/mol. The van der Waals surface area contributed by atoms with E-state index in [0.717, 1.165) is 16.9 Å². The Balaban J connectivity index is 1.71. The van der Waals surface area contributed by atoms with Crippen LogP contribution in [-0.4, -0.2) is 42.4 Å². The number of thiocarbonyl (C=S) groups is 1. The Bertz CT molecular complexity index is 1040. The second-order valence-corrected chi connectivity index (χ2v) is 7.85. The molecule has 0 N–H and O–H groups in total. The van der Waals surface area contributed by atoms with Crippen LogP contribution in [0.25, 0.3) is 12.2 Å². The number of amides is 1. The molecule has 0 aliphatic carbocycles. The molecule has 2 aromatic carbocycles. The molecule has 0 bridgehead atoms. The standard InChI is InChI=1S/C22H19NO5S2/c1-23-21(25)19(30-22(23)29)13-15-6-10-17(18(12-15)27-3)28-20(24)11-7-14-4-8-16(26-2)9-5-14/h4-13H,1-3H3/b11-7+,19-13-. The molecule has 0 radical (unpaired) electrons. The minimum Gasteiger partial charge on any atom is -0.497 e. The van der Waals surface area contributed by atoms with Gasteiger partial charge in [-0.05, 0) is 47.5 Å². The topological polar surface area (TPSA) is 65.1 Å². The summed E-state index contributed by atoms with van der Waals surface area (Å²) in [6, 6.07) is 12.3. The van der Waals surface area contributed by atoms with Crippen molar-refractivity contribution in [1.82, 2.24) is 4.90 Å². The number of ether oxygens (including phenoxy) is 3. The van der Waals surface area contributed by atoms with Gasteiger partial charge in [-0.25, -0.2) is 4.79 Å². The summed E-state index contributed by atoms with van der Waals surface area (Å²) >= 11 is 6.37. The van der Waals surface area contributed by atoms with Crippen LogP contribution < -0.4 is 14.2 Å². The van der Waals surface area contributed by atoms with Crippen molar-refractivity contribution in [2.75, 3.05) is 21.3 Å². The van der Waals surface area contributed by atoms with Crippen molar-refractivity contribution in [3.05, 3.63) is 64.6 Å². The largest absolute Gasteiger partial charge is 0.497 e. The van der Waals surface area contributed by atoms with Crippen LogP contribution in [0.3, 0.4) is 0 Å². The van der Waals surface area contributed by atoms with Crippen LogP contribution in [0, 0.1) is 0 Å². The molecule has 1 saturated heterocycles. The van der Waals surface area contributed by atoms with Gasteiger partial charge >= 0.3 is 5.97 Å². The average Bonchev–Trinajstić information content (AvgIpc) is 3.00. The summed E-state index contributed by atoms with van der Waals surface area (Å²) in [5, 5.41) is 0. The van der Waals surface area contributed by atoms with Crippen molar-refractivity contribution in [2.24, 2.45) is 0 Å². The molecule has 6 nitrogen and oxygen atoms in total. The molecular formula is C22H19NO5S2. The Hall–Kier alpha value is -3.10. The zero-order chi connectivity index (χ0) is 21.7. The molecule has 0 spiro atoms. The molecular weight excluding hydrogens is 422 g/mol. The molecule has 1 fully saturated rings. The van der Waals surface area contributed by atoms with Crippen LogP contribution in [0.4, 0.5) is 0 Å². The molecule has 1 amide bonds. The van der Waals surface area contributed by atoms with E-state index in [1.165, 1.54) is 29.8 Å². The van der Waals surface area contributed by atoms with E-state index >= 15 is 0 Å². The van der Waals surface area contributed by atoms with Crippen LogP contribution in [0.2, 0.25) is 0 Å². The predicted molar refractivity (Wildman–Crippen MR) is 122 cm³/mol. The van der Waals surface area contributed by atoms with Gasteiger partial charge < -0.3 is 14.2 Å². The van der Waals surface area contributed by atoms with Gasteiger partial charge in [-0.15, -0.1) is 0 Å². The number of hydrogen-bond acceptors (Lipinski definition) is 7. The van der Waals surface area contributed by atoms with E-state index in [1.54, 1.807) is 56.6 Å². The van der Waals surface area contributed by atoms with Crippen LogP contribution in [-0.2, 0) is 9.59 Å². The minimum absolute atomic E-state index is 0.150. The Morgan fingerprint density at radius 3 is 2.33 bits per heavy atom. The number of thioether (sulfide) groups is 1. The Labute approximate surface area is 184 Å². The van der Waals surface area contributed by atoms with Gasteiger partial charge in [0.2, 0.25) is 0 Å². The fourth-order valence-corrected chi connectivity index (χ4v) is 3.76. The summed E-state index contributed by atoms with van der Waals surface area (Å²) in [6.45, 7) is 0. The molecule has 1 aliphatic heterocycles. The first-order valence-electron chi connectivity index (χ1n) is 8.85. The first kappa shape index (κ1) is 21.6. The molecule has 0 atom stereocenters. The zero-order valence-corrected chi connectivity index (χ0v) is 18.2. The molecule has 8 heteroatoms. The van der Waals surface area contributed by atoms with E-state index in [2.05, 4.69) is 0 Å². The van der Waals surface area contributed by atoms with Crippen LogP contribution in [0.15, 0.2) is 53.4 Å². The monoisotopic (exact) mass is 441 g/mol. The van der Waals surface area contributed by atoms with Crippen LogP contribution >= 0.6 is 24.0 Å². The lowest BCUT2D eigenvalue weighted by Gasteiger charge is -2.09. The van der Waals surface area contributed by atoms with Crippen molar-refractivity contribution in [3.8, 4) is 17.2 Å². The van der Waals surface area contributed by atoms with E-state index in [1.807, 2.05) is 12.1 Å². The van der Waals surface area contributed by atoms with Crippen molar-refractivity contribution < 1.29 is 23.8 Å². The van der Waals surface area contributed by atoms with Gasteiger partial charge in [0.25, 0.3) is 5.91 Å². The molecule has 1 heterocycles. The number of methoxy groups -OCH3 is 2. The van der Waals surface area contributed by atoms with E-state index in [4.69, 9.17) is 26.4 Å². The van der Waals surface area contributed by atoms with E-state index in [-0.39, 0.29) is 11.7 Å². The molecule has 0 unspecified atom stereocenters. The first-order valence-corrected chi connectivity index (χ1v) is 10.1. The smallest absolute Gasteiger partial charge is 0.336 e. The third-order valence-corrected chi connectivity index (χ3v) is 5.69. The number of esters is 1. The normalized spacial score (nSPS) is 15.2. The van der Waals surface area contributed by atoms with Gasteiger partial charge in [0.05, 0.1) is 19.1 Å². The summed E-state index contributed by atoms with van der Waals surface area (Å²) < 4.78 is 16.3. The lowest BCUT2D eigenvalue weighted by Crippen LogP contribution is -2.22. The molecule has 1 aliphatic rings. The van der Waals surface area contributed by atoms with Crippen LogP contribution in [0.1, 0.15) is 11.1 Å². The molecule has 30 heavy (non-hydrogen) atoms. The Kier molecular flexibility index (Phi) is 6.91. The lowest BCUT2D eigenvalue weighted by molar-refractivity contribution is -0.129. The highest BCUT2D eigenvalue weighted by molar-refractivity contribution is 8.26. The fraction of sp³-hybridized carbons (Fsp3) is 0.136. The van der Waals surface area contributed by atoms with Crippen molar-refractivity contribution in [2.45, 2.75) is 0 Å². The Morgan fingerprint density at radius 1 is 1.03 bits per heavy atom. The summed E-state index contributed by atoms with van der Waals surface area (Å²) in [7, 11) is 4.71. The SMILES string of the molecule is COc1ccc(/C=C/C(=O)Oc2ccc(/C=C3\SC(=S)N(C)C3=O)cc2OC)cc1. The maximum atomic E-state index is 12.2. The third kappa shape index (κ3) is 5.08. The van der Waals surface area contributed by atoms with E-state index < -0.39 is 5.97 Å². The van der Waals surface area contributed by atoms with Gasteiger partial charge in [0.15, 0.2) is 11.5 Å². The number of benzene rings is 2. The second-order valence-electron chi connectivity index (χ2n) is 6.18. The maximum Gasteiger partial charge on any atom is 0.336 e. The number of rotatable bonds is 6. The fourth-order valence-electron chi connectivity index (χ4n) is 2.58. The van der Waals surface area contributed by atoms with Gasteiger partial charge in [-0.3, -0.25) is 9.69 Å². The first-order chi connectivity index (χ1) is 14.4. The van der Waals surface area contributed by atoms with Crippen LogP contribution in [0.5, 0.6) is 17.2 Å². The number of nitrogens with zero attached hydrogens (tertiary/aromatic N) is 1. The zero-order valence-electron chi connectivity index (χ0n) is 16.6. The number of likely N-dealkylation sites (N-methyl/N-ethyl adjacent to an activating group) is 1. The summed E-state index contributed by atoms with van der Waals surface area (Å²) in [5.74, 6) is 0.705. The molecule has 0 saturated carbocycles. The lowest BCUT2D eigenvalue weighted by atomic mass is 10.2. The second kappa shape index (κ2) is 9.60. The van der Waals surface area contributed by atoms with Gasteiger partial charge in [-0.2, -0.15) is 0 Å². The summed E-state index contributed by atoms with van der Waals surface area (Å²) in [5.41, 5.74) is 1.57. The molecule has 3 rings (SSSR count). The van der Waals surface area contributed by atoms with E-state index in [0.29, 0.717) is 15.0 Å². The highest BCUT2D eigenvalue weighted by Crippen LogP contribution is 2.34. The van der Waals surface area contributed by atoms with Gasteiger partial charge in [0, 0.05) is 13.1 Å². The summed E-state index contributed by atoms with van der Waals surface area (Å²) in [4.78, 5) is 26.3. The maximum absolute atomic E-state index is 12.2. The third-order valence-electron chi connectivity index (χ3n) is 4.21. The number of carbonyl (C=O) groups excluding carboxylic acids is 2. The van der Waals surface area contributed by atoms with Gasteiger partial charge in [0.1, 0.15) is 10.1 Å². The number of carbonyl (C=O) groups is 2. The number of hydrogen-bond donors (Lipinski definition) is 0.